The van der Waals surface area contributed by atoms with Crippen LogP contribution in [0.3, 0.4) is 0 Å². The van der Waals surface area contributed by atoms with Gasteiger partial charge in [-0.3, -0.25) is 19.0 Å². The predicted molar refractivity (Wildman–Crippen MR) is 164 cm³/mol. The largest absolute Gasteiger partial charge is 0.346 e. The molecular formula is C31H28N4O3S2. The lowest BCUT2D eigenvalue weighted by Gasteiger charge is -2.14. The molecule has 2 amide bonds. The molecular weight excluding hydrogens is 541 g/mol. The number of nitrogens with zero attached hydrogens (tertiary/aromatic N) is 2. The van der Waals surface area contributed by atoms with Crippen LogP contribution in [-0.2, 0) is 9.59 Å². The van der Waals surface area contributed by atoms with E-state index >= 15 is 0 Å². The highest BCUT2D eigenvalue weighted by molar-refractivity contribution is 7.99. The Morgan fingerprint density at radius 2 is 1.57 bits per heavy atom. The third-order valence-electron chi connectivity index (χ3n) is 6.40. The van der Waals surface area contributed by atoms with E-state index < -0.39 is 0 Å². The molecule has 5 aromatic rings. The van der Waals surface area contributed by atoms with Crippen molar-refractivity contribution in [1.82, 2.24) is 14.9 Å². The number of amides is 2. The van der Waals surface area contributed by atoms with Crippen LogP contribution >= 0.6 is 23.1 Å². The van der Waals surface area contributed by atoms with Gasteiger partial charge in [-0.1, -0.05) is 78.0 Å². The first kappa shape index (κ1) is 27.4. The highest BCUT2D eigenvalue weighted by atomic mass is 32.2. The maximum absolute atomic E-state index is 13.9. The molecule has 2 N–H and O–H groups in total. The number of rotatable bonds is 8. The Labute approximate surface area is 240 Å². The number of hydrogen-bond acceptors (Lipinski definition) is 6. The van der Waals surface area contributed by atoms with Crippen LogP contribution in [-0.4, -0.2) is 33.7 Å². The maximum Gasteiger partial charge on any atom is 0.268 e. The zero-order valence-corrected chi connectivity index (χ0v) is 24.0. The monoisotopic (exact) mass is 568 g/mol. The first-order valence-corrected chi connectivity index (χ1v) is 14.6. The average molecular weight is 569 g/mol. The summed E-state index contributed by atoms with van der Waals surface area (Å²) < 4.78 is 1.55. The van der Waals surface area contributed by atoms with Crippen LogP contribution in [0, 0.1) is 20.8 Å². The zero-order chi connectivity index (χ0) is 28.2. The van der Waals surface area contributed by atoms with E-state index in [9.17, 15) is 14.4 Å². The molecule has 0 aliphatic carbocycles. The van der Waals surface area contributed by atoms with Crippen LogP contribution in [0.25, 0.3) is 27.0 Å². The average Bonchev–Trinajstić information content (AvgIpc) is 3.38. The fraction of sp³-hybridized carbons (Fsp3) is 0.161. The van der Waals surface area contributed by atoms with Crippen molar-refractivity contribution >= 4 is 50.8 Å². The van der Waals surface area contributed by atoms with Crippen molar-refractivity contribution in [2.24, 2.45) is 0 Å². The maximum atomic E-state index is 13.9. The normalized spacial score (nSPS) is 11.0. The zero-order valence-electron chi connectivity index (χ0n) is 22.4. The number of carbonyl (C=O) groups is 2. The van der Waals surface area contributed by atoms with Crippen LogP contribution in [0.5, 0.6) is 0 Å². The van der Waals surface area contributed by atoms with E-state index in [2.05, 4.69) is 10.6 Å². The molecule has 40 heavy (non-hydrogen) atoms. The van der Waals surface area contributed by atoms with Gasteiger partial charge in [-0.05, 0) is 49.6 Å². The summed E-state index contributed by atoms with van der Waals surface area (Å²) >= 11 is 2.56. The van der Waals surface area contributed by atoms with Crippen molar-refractivity contribution < 1.29 is 9.59 Å². The molecule has 0 bridgehead atoms. The van der Waals surface area contributed by atoms with Crippen molar-refractivity contribution in [3.63, 3.8) is 0 Å². The Morgan fingerprint density at radius 3 is 2.25 bits per heavy atom. The molecule has 202 valence electrons. The molecule has 9 heteroatoms. The minimum atomic E-state index is -0.331. The van der Waals surface area contributed by atoms with E-state index in [4.69, 9.17) is 4.98 Å². The van der Waals surface area contributed by atoms with Crippen LogP contribution in [0.1, 0.15) is 16.7 Å². The lowest BCUT2D eigenvalue weighted by Crippen LogP contribution is -2.34. The van der Waals surface area contributed by atoms with Crippen LogP contribution < -0.4 is 16.2 Å². The number of anilines is 1. The second-order valence-electron chi connectivity index (χ2n) is 9.45. The lowest BCUT2D eigenvalue weighted by molar-refractivity contribution is -0.122. The van der Waals surface area contributed by atoms with Crippen molar-refractivity contribution in [2.75, 3.05) is 17.6 Å². The number of nitrogens with one attached hydrogen (secondary N) is 2. The first-order valence-electron chi connectivity index (χ1n) is 12.7. The Morgan fingerprint density at radius 1 is 0.925 bits per heavy atom. The SMILES string of the molecule is Cc1cc(C)c(NC(=O)CNC(=O)CSc2nc3scc(-c4ccccc4)c3c(=O)n2-c2ccccc2)c(C)c1. The number of benzene rings is 3. The summed E-state index contributed by atoms with van der Waals surface area (Å²) in [6.07, 6.45) is 0. The summed E-state index contributed by atoms with van der Waals surface area (Å²) in [7, 11) is 0. The molecule has 5 rings (SSSR count). The Hall–Kier alpha value is -4.21. The summed E-state index contributed by atoms with van der Waals surface area (Å²) in [5.74, 6) is -0.638. The third-order valence-corrected chi connectivity index (χ3v) is 8.21. The number of thioether (sulfide) groups is 1. The van der Waals surface area contributed by atoms with Gasteiger partial charge >= 0.3 is 0 Å². The lowest BCUT2D eigenvalue weighted by atomic mass is 10.1. The molecule has 7 nitrogen and oxygen atoms in total. The van der Waals surface area contributed by atoms with E-state index in [-0.39, 0.29) is 29.7 Å². The van der Waals surface area contributed by atoms with Gasteiger partial charge in [-0.25, -0.2) is 4.98 Å². The standard InChI is InChI=1S/C31H28N4O3S2/c1-19-14-20(2)28(21(3)15-19)33-25(36)16-32-26(37)18-40-31-34-29-27(24(17-39-29)22-10-6-4-7-11-22)30(38)35(31)23-12-8-5-9-13-23/h4-15,17H,16,18H2,1-3H3,(H,32,37)(H,33,36). The fourth-order valence-corrected chi connectivity index (χ4v) is 6.46. The van der Waals surface area contributed by atoms with E-state index in [1.807, 2.05) is 98.9 Å². The number of fused-ring (bicyclic) bond motifs is 1. The topological polar surface area (TPSA) is 93.1 Å². The summed E-state index contributed by atoms with van der Waals surface area (Å²) in [5, 5.41) is 8.47. The van der Waals surface area contributed by atoms with Crippen molar-refractivity contribution in [1.29, 1.82) is 0 Å². The van der Waals surface area contributed by atoms with E-state index in [0.717, 1.165) is 45.3 Å². The van der Waals surface area contributed by atoms with E-state index in [1.54, 1.807) is 4.57 Å². The molecule has 0 unspecified atom stereocenters. The van der Waals surface area contributed by atoms with Gasteiger partial charge in [0.05, 0.1) is 23.4 Å². The van der Waals surface area contributed by atoms with Gasteiger partial charge in [0, 0.05) is 16.6 Å². The van der Waals surface area contributed by atoms with E-state index in [0.29, 0.717) is 21.1 Å². The molecule has 0 fully saturated rings. The molecule has 0 saturated heterocycles. The van der Waals surface area contributed by atoms with Gasteiger partial charge < -0.3 is 10.6 Å². The third kappa shape index (κ3) is 5.85. The van der Waals surface area contributed by atoms with Gasteiger partial charge in [0.15, 0.2) is 5.16 Å². The number of hydrogen-bond donors (Lipinski definition) is 2. The van der Waals surface area contributed by atoms with Gasteiger partial charge in [0.2, 0.25) is 11.8 Å². The molecule has 0 aliphatic heterocycles. The van der Waals surface area contributed by atoms with Crippen molar-refractivity contribution in [2.45, 2.75) is 25.9 Å². The second-order valence-corrected chi connectivity index (χ2v) is 11.3. The van der Waals surface area contributed by atoms with Crippen LogP contribution in [0.15, 0.2) is 88.1 Å². The Kier molecular flexibility index (Phi) is 8.14. The minimum absolute atomic E-state index is 0.00242. The summed E-state index contributed by atoms with van der Waals surface area (Å²) in [5.41, 5.74) is 6.07. The predicted octanol–water partition coefficient (Wildman–Crippen LogP) is 5.89. The Balaban J connectivity index is 1.35. The summed E-state index contributed by atoms with van der Waals surface area (Å²) in [4.78, 5) is 44.5. The van der Waals surface area contributed by atoms with Crippen molar-refractivity contribution in [3.05, 3.63) is 105 Å². The highest BCUT2D eigenvalue weighted by Crippen LogP contribution is 2.33. The molecule has 2 heterocycles. The van der Waals surface area contributed by atoms with Gasteiger partial charge in [-0.2, -0.15) is 0 Å². The van der Waals surface area contributed by atoms with E-state index in [1.165, 1.54) is 11.3 Å². The van der Waals surface area contributed by atoms with Gasteiger partial charge in [0.1, 0.15) is 4.83 Å². The summed E-state index contributed by atoms with van der Waals surface area (Å²) in [6, 6.07) is 23.0. The second kappa shape index (κ2) is 11.9. The molecule has 3 aromatic carbocycles. The smallest absolute Gasteiger partial charge is 0.268 e. The quantitative estimate of drug-likeness (QED) is 0.180. The number of aromatic nitrogens is 2. The molecule has 2 aromatic heterocycles. The first-order chi connectivity index (χ1) is 19.3. The van der Waals surface area contributed by atoms with Crippen LogP contribution in [0.2, 0.25) is 0 Å². The van der Waals surface area contributed by atoms with Gasteiger partial charge in [-0.15, -0.1) is 11.3 Å². The Bertz CT molecular complexity index is 1740. The molecule has 0 aliphatic rings. The van der Waals surface area contributed by atoms with Gasteiger partial charge in [0.25, 0.3) is 5.56 Å². The van der Waals surface area contributed by atoms with Crippen molar-refractivity contribution in [3.8, 4) is 16.8 Å². The van der Waals surface area contributed by atoms with Crippen LogP contribution in [0.4, 0.5) is 5.69 Å². The summed E-state index contributed by atoms with van der Waals surface area (Å²) in [6.45, 7) is 5.73. The molecule has 0 radical (unpaired) electrons. The number of thiophene rings is 1. The fourth-order valence-electron chi connectivity index (χ4n) is 4.62. The molecule has 0 atom stereocenters. The number of para-hydroxylation sites is 1. The number of carbonyl (C=O) groups excluding carboxylic acids is 2. The highest BCUT2D eigenvalue weighted by Gasteiger charge is 2.19. The molecule has 0 saturated carbocycles. The molecule has 0 spiro atoms. The number of aryl methyl sites for hydroxylation is 3. The minimum Gasteiger partial charge on any atom is -0.346 e.